The average Bonchev–Trinajstić information content (AvgIpc) is 2.69. The van der Waals surface area contributed by atoms with Crippen LogP contribution in [0.25, 0.3) is 0 Å². The SMILES string of the molecule is C[C@@H]1CCC[C@H](C)N1C(=O)c1cn[nH]c1. The Morgan fingerprint density at radius 1 is 1.47 bits per heavy atom. The summed E-state index contributed by atoms with van der Waals surface area (Å²) < 4.78 is 0. The zero-order chi connectivity index (χ0) is 10.8. The highest BCUT2D eigenvalue weighted by atomic mass is 16.2. The van der Waals surface area contributed by atoms with Crippen molar-refractivity contribution < 1.29 is 4.79 Å². The first-order chi connectivity index (χ1) is 7.20. The van der Waals surface area contributed by atoms with Crippen LogP contribution in [0.4, 0.5) is 0 Å². The zero-order valence-electron chi connectivity index (χ0n) is 9.23. The van der Waals surface area contributed by atoms with Crippen LogP contribution >= 0.6 is 0 Å². The van der Waals surface area contributed by atoms with Crippen LogP contribution in [0.15, 0.2) is 12.4 Å². The Morgan fingerprint density at radius 3 is 2.67 bits per heavy atom. The van der Waals surface area contributed by atoms with Crippen molar-refractivity contribution >= 4 is 5.91 Å². The van der Waals surface area contributed by atoms with Crippen molar-refractivity contribution in [3.05, 3.63) is 18.0 Å². The highest BCUT2D eigenvalue weighted by Gasteiger charge is 2.29. The Labute approximate surface area is 89.7 Å². The summed E-state index contributed by atoms with van der Waals surface area (Å²) in [5, 5.41) is 6.50. The molecule has 0 aromatic carbocycles. The Bertz CT molecular complexity index is 324. The van der Waals surface area contributed by atoms with E-state index in [1.54, 1.807) is 12.4 Å². The van der Waals surface area contributed by atoms with E-state index in [0.29, 0.717) is 17.6 Å². The van der Waals surface area contributed by atoms with Gasteiger partial charge in [0.25, 0.3) is 5.91 Å². The molecule has 0 unspecified atom stereocenters. The van der Waals surface area contributed by atoms with E-state index in [0.717, 1.165) is 12.8 Å². The van der Waals surface area contributed by atoms with Gasteiger partial charge < -0.3 is 4.90 Å². The molecule has 0 spiro atoms. The number of piperidine rings is 1. The van der Waals surface area contributed by atoms with Gasteiger partial charge in [-0.3, -0.25) is 9.89 Å². The minimum Gasteiger partial charge on any atom is -0.333 e. The third kappa shape index (κ3) is 1.89. The van der Waals surface area contributed by atoms with E-state index in [9.17, 15) is 4.79 Å². The van der Waals surface area contributed by atoms with Crippen LogP contribution in [0.1, 0.15) is 43.5 Å². The number of H-pyrrole nitrogens is 1. The summed E-state index contributed by atoms with van der Waals surface area (Å²) in [5.74, 6) is 0.100. The van der Waals surface area contributed by atoms with Crippen molar-refractivity contribution in [3.8, 4) is 0 Å². The van der Waals surface area contributed by atoms with Gasteiger partial charge in [0.2, 0.25) is 0 Å². The Balaban J connectivity index is 2.17. The van der Waals surface area contributed by atoms with Crippen LogP contribution in [0.2, 0.25) is 0 Å². The normalized spacial score (nSPS) is 26.7. The van der Waals surface area contributed by atoms with E-state index in [1.165, 1.54) is 6.42 Å². The summed E-state index contributed by atoms with van der Waals surface area (Å²) in [4.78, 5) is 14.1. The van der Waals surface area contributed by atoms with Crippen molar-refractivity contribution in [2.75, 3.05) is 0 Å². The molecule has 15 heavy (non-hydrogen) atoms. The Hall–Kier alpha value is -1.32. The minimum atomic E-state index is 0.100. The second-order valence-electron chi connectivity index (χ2n) is 4.33. The number of likely N-dealkylation sites (tertiary alicyclic amines) is 1. The van der Waals surface area contributed by atoms with Crippen LogP contribution in [0.5, 0.6) is 0 Å². The van der Waals surface area contributed by atoms with Gasteiger partial charge in [0, 0.05) is 18.3 Å². The zero-order valence-corrected chi connectivity index (χ0v) is 9.23. The summed E-state index contributed by atoms with van der Waals surface area (Å²) in [6, 6.07) is 0.687. The predicted molar refractivity (Wildman–Crippen MR) is 57.5 cm³/mol. The summed E-state index contributed by atoms with van der Waals surface area (Å²) in [6.45, 7) is 4.24. The van der Waals surface area contributed by atoms with Crippen molar-refractivity contribution in [1.82, 2.24) is 15.1 Å². The number of rotatable bonds is 1. The van der Waals surface area contributed by atoms with Crippen LogP contribution in [-0.4, -0.2) is 33.1 Å². The third-order valence-electron chi connectivity index (χ3n) is 3.17. The smallest absolute Gasteiger partial charge is 0.257 e. The van der Waals surface area contributed by atoms with E-state index in [-0.39, 0.29) is 5.91 Å². The number of amides is 1. The minimum absolute atomic E-state index is 0.100. The largest absolute Gasteiger partial charge is 0.333 e. The van der Waals surface area contributed by atoms with E-state index in [1.807, 2.05) is 4.90 Å². The van der Waals surface area contributed by atoms with Crippen LogP contribution in [-0.2, 0) is 0 Å². The van der Waals surface area contributed by atoms with Gasteiger partial charge in [-0.15, -0.1) is 0 Å². The fourth-order valence-corrected chi connectivity index (χ4v) is 2.34. The highest BCUT2D eigenvalue weighted by molar-refractivity contribution is 5.94. The summed E-state index contributed by atoms with van der Waals surface area (Å²) >= 11 is 0. The molecular weight excluding hydrogens is 190 g/mol. The lowest BCUT2D eigenvalue weighted by Crippen LogP contribution is -2.47. The first-order valence-electron chi connectivity index (χ1n) is 5.51. The van der Waals surface area contributed by atoms with Crippen molar-refractivity contribution in [2.24, 2.45) is 0 Å². The van der Waals surface area contributed by atoms with E-state index >= 15 is 0 Å². The summed E-state index contributed by atoms with van der Waals surface area (Å²) in [6.07, 6.45) is 6.69. The van der Waals surface area contributed by atoms with Gasteiger partial charge in [0.05, 0.1) is 11.8 Å². The summed E-state index contributed by atoms with van der Waals surface area (Å²) in [7, 11) is 0. The van der Waals surface area contributed by atoms with Gasteiger partial charge in [0.1, 0.15) is 0 Å². The molecular formula is C11H17N3O. The molecule has 1 amide bonds. The quantitative estimate of drug-likeness (QED) is 0.763. The lowest BCUT2D eigenvalue weighted by molar-refractivity contribution is 0.0511. The first-order valence-corrected chi connectivity index (χ1v) is 5.51. The highest BCUT2D eigenvalue weighted by Crippen LogP contribution is 2.24. The second-order valence-corrected chi connectivity index (χ2v) is 4.33. The maximum Gasteiger partial charge on any atom is 0.257 e. The molecule has 2 rings (SSSR count). The maximum atomic E-state index is 12.1. The molecule has 4 heteroatoms. The molecule has 1 N–H and O–H groups in total. The van der Waals surface area contributed by atoms with E-state index in [4.69, 9.17) is 0 Å². The molecule has 1 aliphatic heterocycles. The van der Waals surface area contributed by atoms with Gasteiger partial charge in [-0.05, 0) is 33.1 Å². The lowest BCUT2D eigenvalue weighted by atomic mass is 9.97. The fraction of sp³-hybridized carbons (Fsp3) is 0.636. The van der Waals surface area contributed by atoms with Gasteiger partial charge in [-0.1, -0.05) is 0 Å². The average molecular weight is 207 g/mol. The summed E-state index contributed by atoms with van der Waals surface area (Å²) in [5.41, 5.74) is 0.663. The van der Waals surface area contributed by atoms with Crippen LogP contribution in [0, 0.1) is 0 Å². The van der Waals surface area contributed by atoms with Crippen LogP contribution in [0.3, 0.4) is 0 Å². The van der Waals surface area contributed by atoms with E-state index < -0.39 is 0 Å². The topological polar surface area (TPSA) is 49.0 Å². The number of aromatic nitrogens is 2. The van der Waals surface area contributed by atoms with Crippen molar-refractivity contribution in [3.63, 3.8) is 0 Å². The molecule has 0 bridgehead atoms. The van der Waals surface area contributed by atoms with Gasteiger partial charge in [-0.25, -0.2) is 0 Å². The standard InChI is InChI=1S/C11H17N3O/c1-8-4-3-5-9(2)14(8)11(15)10-6-12-13-7-10/h6-9H,3-5H2,1-2H3,(H,12,13)/t8-,9+. The van der Waals surface area contributed by atoms with Gasteiger partial charge in [0.15, 0.2) is 0 Å². The molecule has 0 saturated carbocycles. The molecule has 1 saturated heterocycles. The molecule has 1 aliphatic rings. The number of carbonyl (C=O) groups is 1. The van der Waals surface area contributed by atoms with Crippen molar-refractivity contribution in [2.45, 2.75) is 45.2 Å². The molecule has 0 aliphatic carbocycles. The predicted octanol–water partition coefficient (Wildman–Crippen LogP) is 1.81. The van der Waals surface area contributed by atoms with Gasteiger partial charge in [-0.2, -0.15) is 5.10 Å². The number of hydrogen-bond acceptors (Lipinski definition) is 2. The second kappa shape index (κ2) is 4.04. The molecule has 2 atom stereocenters. The molecule has 1 fully saturated rings. The third-order valence-corrected chi connectivity index (χ3v) is 3.17. The molecule has 0 radical (unpaired) electrons. The maximum absolute atomic E-state index is 12.1. The van der Waals surface area contributed by atoms with Crippen LogP contribution < -0.4 is 0 Å². The molecule has 1 aromatic rings. The molecule has 82 valence electrons. The monoisotopic (exact) mass is 207 g/mol. The molecule has 2 heterocycles. The first kappa shape index (κ1) is 10.2. The number of aromatic amines is 1. The molecule has 4 nitrogen and oxygen atoms in total. The number of hydrogen-bond donors (Lipinski definition) is 1. The Kier molecular flexibility index (Phi) is 2.75. The molecule has 1 aromatic heterocycles. The number of nitrogens with zero attached hydrogens (tertiary/aromatic N) is 2. The van der Waals surface area contributed by atoms with E-state index in [2.05, 4.69) is 24.0 Å². The number of nitrogens with one attached hydrogen (secondary N) is 1. The van der Waals surface area contributed by atoms with Crippen molar-refractivity contribution in [1.29, 1.82) is 0 Å². The van der Waals surface area contributed by atoms with Gasteiger partial charge >= 0.3 is 0 Å². The fourth-order valence-electron chi connectivity index (χ4n) is 2.34. The number of carbonyl (C=O) groups excluding carboxylic acids is 1. The Morgan fingerprint density at radius 2 is 2.13 bits per heavy atom. The lowest BCUT2D eigenvalue weighted by Gasteiger charge is -2.38.